The number of piperidine rings is 1. The molecule has 2 fully saturated rings. The number of nitriles is 1. The number of ether oxygens (including phenoxy) is 1. The monoisotopic (exact) mass is 470 g/mol. The number of nitrogens with one attached hydrogen (secondary N) is 2. The molecular formula is C23H21F3N6O2. The number of pyridine rings is 2. The van der Waals surface area contributed by atoms with Gasteiger partial charge in [-0.2, -0.15) is 23.5 Å². The van der Waals surface area contributed by atoms with Crippen molar-refractivity contribution in [3.8, 4) is 22.9 Å². The van der Waals surface area contributed by atoms with E-state index in [0.717, 1.165) is 12.8 Å². The first-order valence-electron chi connectivity index (χ1n) is 10.9. The van der Waals surface area contributed by atoms with Gasteiger partial charge in [-0.15, -0.1) is 0 Å². The number of fused-ring (bicyclic) bond motifs is 1. The molecule has 8 nitrogen and oxygen atoms in total. The van der Waals surface area contributed by atoms with Crippen LogP contribution in [0.2, 0.25) is 0 Å². The second-order valence-electron chi connectivity index (χ2n) is 8.63. The van der Waals surface area contributed by atoms with Crippen molar-refractivity contribution < 1.29 is 22.7 Å². The zero-order valence-electron chi connectivity index (χ0n) is 18.0. The van der Waals surface area contributed by atoms with E-state index >= 15 is 0 Å². The third-order valence-electron chi connectivity index (χ3n) is 6.02. The summed E-state index contributed by atoms with van der Waals surface area (Å²) in [6.07, 6.45) is -0.327. The van der Waals surface area contributed by atoms with E-state index in [1.807, 2.05) is 6.07 Å². The van der Waals surface area contributed by atoms with Gasteiger partial charge in [0.15, 0.2) is 5.82 Å². The second kappa shape index (κ2) is 8.61. The Labute approximate surface area is 192 Å². The molecule has 4 heterocycles. The normalized spacial score (nSPS) is 20.6. The predicted molar refractivity (Wildman–Crippen MR) is 116 cm³/mol. The summed E-state index contributed by atoms with van der Waals surface area (Å²) in [5, 5.41) is 19.3. The molecular weight excluding hydrogens is 449 g/mol. The van der Waals surface area contributed by atoms with Gasteiger partial charge in [-0.1, -0.05) is 0 Å². The molecule has 0 radical (unpaired) electrons. The minimum Gasteiger partial charge on any atom is -0.487 e. The van der Waals surface area contributed by atoms with E-state index in [1.165, 1.54) is 6.20 Å². The lowest BCUT2D eigenvalue weighted by Crippen LogP contribution is -2.47. The molecule has 2 aliphatic rings. The van der Waals surface area contributed by atoms with Crippen molar-refractivity contribution in [1.29, 1.82) is 5.26 Å². The fraction of sp³-hybridized carbons (Fsp3) is 0.391. The first kappa shape index (κ1) is 22.2. The van der Waals surface area contributed by atoms with Gasteiger partial charge in [0.05, 0.1) is 17.6 Å². The van der Waals surface area contributed by atoms with Crippen LogP contribution >= 0.6 is 0 Å². The number of alkyl halides is 3. The summed E-state index contributed by atoms with van der Waals surface area (Å²) < 4.78 is 47.1. The van der Waals surface area contributed by atoms with Crippen LogP contribution in [0.1, 0.15) is 25.0 Å². The fourth-order valence-electron chi connectivity index (χ4n) is 4.04. The van der Waals surface area contributed by atoms with Crippen LogP contribution in [0.3, 0.4) is 0 Å². The Balaban J connectivity index is 1.43. The Kier molecular flexibility index (Phi) is 5.61. The molecule has 0 bridgehead atoms. The summed E-state index contributed by atoms with van der Waals surface area (Å²) in [5.41, 5.74) is 2.06. The number of carbonyl (C=O) groups excluding carboxylic acids is 1. The van der Waals surface area contributed by atoms with Gasteiger partial charge in [0, 0.05) is 36.8 Å². The maximum atomic E-state index is 13.2. The van der Waals surface area contributed by atoms with Crippen molar-refractivity contribution >= 4 is 17.2 Å². The van der Waals surface area contributed by atoms with Crippen LogP contribution in [-0.4, -0.2) is 45.9 Å². The molecule has 0 spiro atoms. The molecule has 0 unspecified atom stereocenters. The van der Waals surface area contributed by atoms with Crippen LogP contribution in [0.15, 0.2) is 36.7 Å². The van der Waals surface area contributed by atoms with E-state index in [1.54, 1.807) is 35.0 Å². The fourth-order valence-corrected chi connectivity index (χ4v) is 4.04. The van der Waals surface area contributed by atoms with E-state index in [0.29, 0.717) is 28.2 Å². The van der Waals surface area contributed by atoms with E-state index < -0.39 is 18.2 Å². The van der Waals surface area contributed by atoms with Crippen LogP contribution in [0.5, 0.6) is 5.75 Å². The second-order valence-corrected chi connectivity index (χ2v) is 8.63. The van der Waals surface area contributed by atoms with E-state index in [-0.39, 0.29) is 37.0 Å². The topological polar surface area (TPSA) is 104 Å². The third-order valence-corrected chi connectivity index (χ3v) is 6.02. The van der Waals surface area contributed by atoms with Gasteiger partial charge in [0.1, 0.15) is 23.6 Å². The summed E-state index contributed by atoms with van der Waals surface area (Å²) >= 11 is 0. The highest BCUT2D eigenvalue weighted by atomic mass is 19.4. The highest BCUT2D eigenvalue weighted by Crippen LogP contribution is 2.36. The minimum atomic E-state index is -4.31. The van der Waals surface area contributed by atoms with Gasteiger partial charge >= 0.3 is 6.18 Å². The number of aromatic nitrogens is 3. The molecule has 1 saturated heterocycles. The molecule has 5 rings (SSSR count). The number of carbonyl (C=O) groups is 1. The Morgan fingerprint density at radius 1 is 1.26 bits per heavy atom. The Bertz CT molecular complexity index is 1280. The largest absolute Gasteiger partial charge is 0.487 e. The van der Waals surface area contributed by atoms with Gasteiger partial charge in [-0.25, -0.2) is 9.50 Å². The molecule has 34 heavy (non-hydrogen) atoms. The van der Waals surface area contributed by atoms with Crippen molar-refractivity contribution in [2.45, 2.75) is 31.5 Å². The molecule has 1 aliphatic carbocycles. The highest BCUT2D eigenvalue weighted by molar-refractivity contribution is 5.93. The standard InChI is InChI=1S/C23H21F3N6O2/c24-23(25,26)15-6-18(11-28-10-15)34-20-12-29-16(9-27)7-19(20)14-3-4-32-17(5-14)8-21(31-32)30-22(33)13-1-2-13/h3-5,7-8,12-13,15,18,28H,1-2,6,10-11H2,(H,30,31,33)/t15-,18+/m1/s1. The SMILES string of the molecule is N#Cc1cc(-c2ccn3nc(NC(=O)C4CC4)cc3c2)c(O[C@@H]2CNC[C@H](C(F)(F)F)C2)cn1. The number of amides is 1. The van der Waals surface area contributed by atoms with Gasteiger partial charge in [-0.3, -0.25) is 4.79 Å². The Hall–Kier alpha value is -3.65. The molecule has 1 saturated carbocycles. The summed E-state index contributed by atoms with van der Waals surface area (Å²) in [6, 6.07) is 8.82. The molecule has 1 aliphatic heterocycles. The van der Waals surface area contributed by atoms with Gasteiger partial charge in [0.25, 0.3) is 0 Å². The number of anilines is 1. The molecule has 11 heteroatoms. The van der Waals surface area contributed by atoms with Gasteiger partial charge < -0.3 is 15.4 Å². The van der Waals surface area contributed by atoms with Crippen LogP contribution in [0, 0.1) is 23.2 Å². The number of halogens is 3. The van der Waals surface area contributed by atoms with E-state index in [4.69, 9.17) is 4.74 Å². The highest BCUT2D eigenvalue weighted by Gasteiger charge is 2.43. The maximum absolute atomic E-state index is 13.2. The first-order valence-corrected chi connectivity index (χ1v) is 10.9. The first-order chi connectivity index (χ1) is 16.3. The predicted octanol–water partition coefficient (Wildman–Crippen LogP) is 3.54. The number of hydrogen-bond acceptors (Lipinski definition) is 6. The molecule has 0 aromatic carbocycles. The molecule has 3 aromatic rings. The van der Waals surface area contributed by atoms with Gasteiger partial charge in [-0.05, 0) is 43.0 Å². The maximum Gasteiger partial charge on any atom is 0.393 e. The third kappa shape index (κ3) is 4.68. The smallest absolute Gasteiger partial charge is 0.393 e. The van der Waals surface area contributed by atoms with Crippen LogP contribution in [-0.2, 0) is 4.79 Å². The molecule has 2 N–H and O–H groups in total. The van der Waals surface area contributed by atoms with Crippen molar-refractivity contribution in [2.24, 2.45) is 11.8 Å². The van der Waals surface area contributed by atoms with Crippen LogP contribution < -0.4 is 15.4 Å². The zero-order chi connectivity index (χ0) is 23.9. The van der Waals surface area contributed by atoms with Gasteiger partial charge in [0.2, 0.25) is 5.91 Å². The molecule has 2 atom stereocenters. The van der Waals surface area contributed by atoms with Crippen molar-refractivity contribution in [1.82, 2.24) is 19.9 Å². The lowest BCUT2D eigenvalue weighted by atomic mass is 9.97. The number of nitrogens with zero attached hydrogens (tertiary/aromatic N) is 4. The summed E-state index contributed by atoms with van der Waals surface area (Å²) in [5.74, 6) is -0.768. The number of rotatable bonds is 5. The van der Waals surface area contributed by atoms with Crippen LogP contribution in [0.25, 0.3) is 16.6 Å². The summed E-state index contributed by atoms with van der Waals surface area (Å²) in [7, 11) is 0. The minimum absolute atomic E-state index is 0.0486. The van der Waals surface area contributed by atoms with Crippen molar-refractivity contribution in [3.05, 3.63) is 42.4 Å². The average Bonchev–Trinajstić information content (AvgIpc) is 3.59. The quantitative estimate of drug-likeness (QED) is 0.591. The summed E-state index contributed by atoms with van der Waals surface area (Å²) in [6.45, 7) is 0.136. The van der Waals surface area contributed by atoms with Crippen LogP contribution in [0.4, 0.5) is 19.0 Å². The number of hydrogen-bond donors (Lipinski definition) is 2. The van der Waals surface area contributed by atoms with Crippen molar-refractivity contribution in [3.63, 3.8) is 0 Å². The summed E-state index contributed by atoms with van der Waals surface area (Å²) in [4.78, 5) is 16.1. The lowest BCUT2D eigenvalue weighted by Gasteiger charge is -2.32. The molecule has 3 aromatic heterocycles. The molecule has 176 valence electrons. The van der Waals surface area contributed by atoms with Crippen molar-refractivity contribution in [2.75, 3.05) is 18.4 Å². The zero-order valence-corrected chi connectivity index (χ0v) is 18.0. The van der Waals surface area contributed by atoms with E-state index in [2.05, 4.69) is 20.7 Å². The Morgan fingerprint density at radius 3 is 2.82 bits per heavy atom. The lowest BCUT2D eigenvalue weighted by molar-refractivity contribution is -0.184. The molecule has 1 amide bonds. The van der Waals surface area contributed by atoms with E-state index in [9.17, 15) is 23.2 Å². The Morgan fingerprint density at radius 2 is 2.09 bits per heavy atom. The average molecular weight is 470 g/mol.